The zero-order chi connectivity index (χ0) is 15.0. The van der Waals surface area contributed by atoms with Gasteiger partial charge in [-0.25, -0.2) is 8.78 Å². The van der Waals surface area contributed by atoms with Crippen molar-refractivity contribution >= 4 is 0 Å². The number of fused-ring (bicyclic) bond motifs is 1. The number of aliphatic hydroxyl groups excluding tert-OH is 2. The normalized spacial score (nSPS) is 25.2. The summed E-state index contributed by atoms with van der Waals surface area (Å²) in [7, 11) is 0. The molecule has 3 atom stereocenters. The largest absolute Gasteiger partial charge is 0.388 e. The van der Waals surface area contributed by atoms with Gasteiger partial charge in [-0.2, -0.15) is 0 Å². The lowest BCUT2D eigenvalue weighted by atomic mass is 9.87. The van der Waals surface area contributed by atoms with Crippen molar-refractivity contribution in [3.8, 4) is 0 Å². The van der Waals surface area contributed by atoms with Crippen LogP contribution < -0.4 is 0 Å². The van der Waals surface area contributed by atoms with Gasteiger partial charge in [-0.3, -0.25) is 4.98 Å². The third kappa shape index (κ3) is 2.43. The smallest absolute Gasteiger partial charge is 0.162 e. The van der Waals surface area contributed by atoms with E-state index >= 15 is 0 Å². The van der Waals surface area contributed by atoms with Crippen LogP contribution in [0.1, 0.15) is 47.8 Å². The third-order valence-electron chi connectivity index (χ3n) is 4.02. The summed E-state index contributed by atoms with van der Waals surface area (Å²) in [6.45, 7) is 0. The second kappa shape index (κ2) is 5.50. The molecule has 0 saturated heterocycles. The summed E-state index contributed by atoms with van der Waals surface area (Å²) < 4.78 is 27.4. The molecular formula is C16H15F2NO2. The van der Waals surface area contributed by atoms with Crippen molar-refractivity contribution in [1.82, 2.24) is 4.98 Å². The molecule has 2 N–H and O–H groups in total. The van der Waals surface area contributed by atoms with Gasteiger partial charge in [0.15, 0.2) is 11.6 Å². The minimum Gasteiger partial charge on any atom is -0.388 e. The number of hydrogen-bond donors (Lipinski definition) is 2. The molecule has 0 fully saturated rings. The van der Waals surface area contributed by atoms with E-state index in [2.05, 4.69) is 4.98 Å². The maximum absolute atomic E-state index is 14.0. The maximum atomic E-state index is 14.0. The minimum atomic E-state index is -1.03. The zero-order valence-electron chi connectivity index (χ0n) is 11.2. The van der Waals surface area contributed by atoms with Gasteiger partial charge in [-0.1, -0.05) is 18.2 Å². The first-order valence-electron chi connectivity index (χ1n) is 6.84. The van der Waals surface area contributed by atoms with Crippen LogP contribution in [0.15, 0.2) is 36.5 Å². The van der Waals surface area contributed by atoms with Gasteiger partial charge in [0.1, 0.15) is 0 Å². The van der Waals surface area contributed by atoms with Crippen LogP contribution in [0, 0.1) is 11.6 Å². The summed E-state index contributed by atoms with van der Waals surface area (Å²) in [6, 6.07) is 7.25. The number of benzene rings is 1. The quantitative estimate of drug-likeness (QED) is 0.794. The molecule has 1 aliphatic rings. The van der Waals surface area contributed by atoms with Crippen molar-refractivity contribution in [1.29, 1.82) is 0 Å². The van der Waals surface area contributed by atoms with Gasteiger partial charge < -0.3 is 10.2 Å². The van der Waals surface area contributed by atoms with Crippen LogP contribution in [0.25, 0.3) is 0 Å². The molecule has 21 heavy (non-hydrogen) atoms. The molecule has 0 bridgehead atoms. The Labute approximate surface area is 120 Å². The predicted octanol–water partition coefficient (Wildman–Crippen LogP) is 3.00. The van der Waals surface area contributed by atoms with Crippen molar-refractivity contribution in [3.05, 3.63) is 65.0 Å². The Morgan fingerprint density at radius 2 is 1.76 bits per heavy atom. The number of aromatic nitrogens is 1. The number of halogens is 2. The summed E-state index contributed by atoms with van der Waals surface area (Å²) >= 11 is 0. The third-order valence-corrected chi connectivity index (χ3v) is 4.02. The van der Waals surface area contributed by atoms with E-state index in [-0.39, 0.29) is 5.56 Å². The Morgan fingerprint density at radius 3 is 2.57 bits per heavy atom. The van der Waals surface area contributed by atoms with Gasteiger partial charge in [0.05, 0.1) is 17.9 Å². The molecule has 0 spiro atoms. The van der Waals surface area contributed by atoms with E-state index in [0.717, 1.165) is 6.07 Å². The van der Waals surface area contributed by atoms with Crippen LogP contribution in [0.4, 0.5) is 8.78 Å². The van der Waals surface area contributed by atoms with Gasteiger partial charge in [-0.15, -0.1) is 0 Å². The maximum Gasteiger partial charge on any atom is 0.162 e. The molecule has 3 nitrogen and oxygen atoms in total. The topological polar surface area (TPSA) is 53.4 Å². The van der Waals surface area contributed by atoms with Gasteiger partial charge >= 0.3 is 0 Å². The number of aliphatic hydroxyl groups is 2. The standard InChI is InChI=1S/C16H15F2NO2/c17-12-5-1-3-9(14(12)18)10-6-7-13(20)15-11(16(10)21)4-2-8-19-15/h1-5,8,10,13,16,20-21H,6-7H2/t10-,13+,16+/m0/s1. The first-order valence-corrected chi connectivity index (χ1v) is 6.84. The van der Waals surface area contributed by atoms with Crippen LogP contribution in [0.2, 0.25) is 0 Å². The minimum absolute atomic E-state index is 0.131. The zero-order valence-corrected chi connectivity index (χ0v) is 11.2. The molecular weight excluding hydrogens is 276 g/mol. The van der Waals surface area contributed by atoms with Crippen molar-refractivity contribution < 1.29 is 19.0 Å². The molecule has 1 heterocycles. The Hall–Kier alpha value is -1.85. The lowest BCUT2D eigenvalue weighted by Gasteiger charge is -2.22. The molecule has 0 saturated carbocycles. The second-order valence-electron chi connectivity index (χ2n) is 5.27. The van der Waals surface area contributed by atoms with Crippen molar-refractivity contribution in [3.63, 3.8) is 0 Å². The van der Waals surface area contributed by atoms with E-state index in [4.69, 9.17) is 0 Å². The fourth-order valence-corrected chi connectivity index (χ4v) is 2.94. The first kappa shape index (κ1) is 14.1. The molecule has 0 unspecified atom stereocenters. The molecule has 110 valence electrons. The second-order valence-corrected chi connectivity index (χ2v) is 5.27. The highest BCUT2D eigenvalue weighted by Crippen LogP contribution is 2.42. The highest BCUT2D eigenvalue weighted by Gasteiger charge is 2.33. The molecule has 0 aliphatic heterocycles. The van der Waals surface area contributed by atoms with E-state index in [1.165, 1.54) is 18.3 Å². The SMILES string of the molecule is O[C@@H]1CC[C@@H](c2cccc(F)c2F)[C@@H](O)c2cccnc21. The Morgan fingerprint density at radius 1 is 1.00 bits per heavy atom. The van der Waals surface area contributed by atoms with Crippen LogP contribution in [-0.2, 0) is 0 Å². The Bertz CT molecular complexity index is 662. The average molecular weight is 291 g/mol. The average Bonchev–Trinajstić information content (AvgIpc) is 2.62. The van der Waals surface area contributed by atoms with E-state index in [1.807, 2.05) is 0 Å². The van der Waals surface area contributed by atoms with E-state index < -0.39 is 29.8 Å². The van der Waals surface area contributed by atoms with Gasteiger partial charge in [0.2, 0.25) is 0 Å². The number of rotatable bonds is 1. The van der Waals surface area contributed by atoms with Gasteiger partial charge in [-0.05, 0) is 30.5 Å². The highest BCUT2D eigenvalue weighted by atomic mass is 19.2. The summed E-state index contributed by atoms with van der Waals surface area (Å²) in [5.41, 5.74) is 1.01. The molecule has 0 radical (unpaired) electrons. The highest BCUT2D eigenvalue weighted by molar-refractivity contribution is 5.32. The van der Waals surface area contributed by atoms with Crippen LogP contribution >= 0.6 is 0 Å². The van der Waals surface area contributed by atoms with E-state index in [1.54, 1.807) is 12.1 Å². The van der Waals surface area contributed by atoms with Crippen LogP contribution in [-0.4, -0.2) is 15.2 Å². The molecule has 3 rings (SSSR count). The summed E-state index contributed by atoms with van der Waals surface area (Å²) in [4.78, 5) is 4.10. The van der Waals surface area contributed by atoms with Crippen molar-refractivity contribution in [2.24, 2.45) is 0 Å². The molecule has 1 aromatic carbocycles. The Kier molecular flexibility index (Phi) is 3.69. The van der Waals surface area contributed by atoms with Crippen molar-refractivity contribution in [2.75, 3.05) is 0 Å². The fourth-order valence-electron chi connectivity index (χ4n) is 2.94. The van der Waals surface area contributed by atoms with Crippen LogP contribution in [0.3, 0.4) is 0 Å². The Balaban J connectivity index is 2.07. The lowest BCUT2D eigenvalue weighted by molar-refractivity contribution is 0.135. The van der Waals surface area contributed by atoms with Gasteiger partial charge in [0.25, 0.3) is 0 Å². The summed E-state index contributed by atoms with van der Waals surface area (Å²) in [6.07, 6.45) is 0.387. The molecule has 1 aromatic heterocycles. The summed E-state index contributed by atoms with van der Waals surface area (Å²) in [5.74, 6) is -2.49. The molecule has 2 aromatic rings. The lowest BCUT2D eigenvalue weighted by Crippen LogP contribution is -2.13. The number of hydrogen-bond acceptors (Lipinski definition) is 3. The van der Waals surface area contributed by atoms with E-state index in [0.29, 0.717) is 24.1 Å². The molecule has 5 heteroatoms. The van der Waals surface area contributed by atoms with E-state index in [9.17, 15) is 19.0 Å². The number of nitrogens with zero attached hydrogens (tertiary/aromatic N) is 1. The van der Waals surface area contributed by atoms with Crippen molar-refractivity contribution in [2.45, 2.75) is 31.0 Å². The monoisotopic (exact) mass is 291 g/mol. The van der Waals surface area contributed by atoms with Crippen LogP contribution in [0.5, 0.6) is 0 Å². The fraction of sp³-hybridized carbons (Fsp3) is 0.312. The molecule has 1 aliphatic carbocycles. The summed E-state index contributed by atoms with van der Waals surface area (Å²) in [5, 5.41) is 20.7. The predicted molar refractivity (Wildman–Crippen MR) is 72.5 cm³/mol. The molecule has 0 amide bonds. The number of pyridine rings is 1. The van der Waals surface area contributed by atoms with Gasteiger partial charge in [0, 0.05) is 17.7 Å². The first-order chi connectivity index (χ1) is 10.1.